The normalized spacial score (nSPS) is 12.1. The van der Waals surface area contributed by atoms with E-state index in [9.17, 15) is 32.0 Å². The Hall–Kier alpha value is -3.47. The third-order valence-electron chi connectivity index (χ3n) is 4.47. The van der Waals surface area contributed by atoms with Crippen molar-refractivity contribution in [2.24, 2.45) is 7.05 Å². The molecule has 144 valence electrons. The Morgan fingerprint density at radius 1 is 1.07 bits per heavy atom. The fourth-order valence-electron chi connectivity index (χ4n) is 3.06. The van der Waals surface area contributed by atoms with Gasteiger partial charge in [0.1, 0.15) is 17.0 Å². The maximum atomic E-state index is 14.4. The number of nitrogens with zero attached hydrogens (tertiary/aromatic N) is 2. The first-order valence-electron chi connectivity index (χ1n) is 7.79. The number of H-pyrrole nitrogens is 1. The molecule has 0 atom stereocenters. The van der Waals surface area contributed by atoms with Crippen LogP contribution >= 0.6 is 0 Å². The van der Waals surface area contributed by atoms with Gasteiger partial charge >= 0.3 is 5.69 Å². The van der Waals surface area contributed by atoms with Crippen molar-refractivity contribution in [2.75, 3.05) is 0 Å². The van der Waals surface area contributed by atoms with Crippen LogP contribution < -0.4 is 11.2 Å². The molecule has 2 aromatic carbocycles. The van der Waals surface area contributed by atoms with Crippen LogP contribution in [0.5, 0.6) is 0 Å². The quantitative estimate of drug-likeness (QED) is 0.386. The van der Waals surface area contributed by atoms with Crippen LogP contribution in [0.2, 0.25) is 0 Å². The highest BCUT2D eigenvalue weighted by molar-refractivity contribution is 7.91. The maximum absolute atomic E-state index is 14.4. The van der Waals surface area contributed by atoms with Crippen molar-refractivity contribution in [3.63, 3.8) is 0 Å². The molecule has 0 fully saturated rings. The molecule has 0 bridgehead atoms. The van der Waals surface area contributed by atoms with Gasteiger partial charge in [-0.15, -0.1) is 0 Å². The fourth-order valence-corrected chi connectivity index (χ4v) is 4.51. The first-order valence-corrected chi connectivity index (χ1v) is 9.27. The van der Waals surface area contributed by atoms with Crippen molar-refractivity contribution in [3.05, 3.63) is 69.0 Å². The molecule has 2 heterocycles. The van der Waals surface area contributed by atoms with Crippen molar-refractivity contribution < 1.29 is 22.4 Å². The molecule has 0 unspecified atom stereocenters. The predicted molar refractivity (Wildman–Crippen MR) is 94.3 cm³/mol. The zero-order chi connectivity index (χ0) is 20.4. The van der Waals surface area contributed by atoms with Crippen molar-refractivity contribution in [3.8, 4) is 0 Å². The summed E-state index contributed by atoms with van der Waals surface area (Å²) in [5.74, 6) is -1.92. The zero-order valence-corrected chi connectivity index (χ0v) is 14.9. The monoisotopic (exact) mass is 407 g/mol. The summed E-state index contributed by atoms with van der Waals surface area (Å²) < 4.78 is 55.9. The van der Waals surface area contributed by atoms with Gasteiger partial charge < -0.3 is 14.8 Å². The van der Waals surface area contributed by atoms with E-state index in [1.807, 2.05) is 4.98 Å². The van der Waals surface area contributed by atoms with Crippen molar-refractivity contribution in [2.45, 2.75) is 9.79 Å². The standard InChI is InChI=1S/C17H11F2N3O5S/c1-21-5-4-9-11(19)6-8(7-12(9)21)28(26,27)13-3-2-10(18)14-15(13)20-17(24)22(25)16(14)23/h2-7,25H,1H3,(H,20,24). The number of hydrogen-bond acceptors (Lipinski definition) is 5. The van der Waals surface area contributed by atoms with Crippen LogP contribution in [0.3, 0.4) is 0 Å². The Bertz CT molecular complexity index is 1520. The van der Waals surface area contributed by atoms with Crippen LogP contribution in [0.15, 0.2) is 55.9 Å². The third-order valence-corrected chi connectivity index (χ3v) is 6.25. The van der Waals surface area contributed by atoms with Gasteiger partial charge in [-0.3, -0.25) is 4.79 Å². The van der Waals surface area contributed by atoms with E-state index >= 15 is 0 Å². The predicted octanol–water partition coefficient (Wildman–Crippen LogP) is 1.53. The summed E-state index contributed by atoms with van der Waals surface area (Å²) in [5.41, 5.74) is -3.08. The summed E-state index contributed by atoms with van der Waals surface area (Å²) in [6, 6.07) is 5.09. The number of fused-ring (bicyclic) bond motifs is 2. The van der Waals surface area contributed by atoms with Gasteiger partial charge in [-0.2, -0.15) is 0 Å². The number of aromatic nitrogens is 3. The number of aryl methyl sites for hydroxylation is 1. The Morgan fingerprint density at radius 2 is 1.79 bits per heavy atom. The minimum absolute atomic E-state index is 0.210. The topological polar surface area (TPSA) is 114 Å². The highest BCUT2D eigenvalue weighted by Crippen LogP contribution is 2.30. The third kappa shape index (κ3) is 2.36. The molecule has 11 heteroatoms. The largest absolute Gasteiger partial charge is 0.421 e. The highest BCUT2D eigenvalue weighted by Gasteiger charge is 2.26. The van der Waals surface area contributed by atoms with Crippen molar-refractivity contribution in [1.29, 1.82) is 0 Å². The average Bonchev–Trinajstić information content (AvgIpc) is 3.01. The molecule has 8 nitrogen and oxygen atoms in total. The summed E-state index contributed by atoms with van der Waals surface area (Å²) in [5, 5.41) is 8.79. The second kappa shape index (κ2) is 5.76. The molecule has 2 aromatic heterocycles. The lowest BCUT2D eigenvalue weighted by Crippen LogP contribution is -2.34. The molecular formula is C17H11F2N3O5S. The van der Waals surface area contributed by atoms with Gasteiger partial charge in [0.2, 0.25) is 9.84 Å². The maximum Gasteiger partial charge on any atom is 0.362 e. The number of sulfone groups is 1. The molecule has 28 heavy (non-hydrogen) atoms. The smallest absolute Gasteiger partial charge is 0.362 e. The van der Waals surface area contributed by atoms with Crippen LogP contribution in [0, 0.1) is 11.6 Å². The van der Waals surface area contributed by atoms with E-state index in [0.29, 0.717) is 11.6 Å². The summed E-state index contributed by atoms with van der Waals surface area (Å²) in [4.78, 5) is 24.6. The average molecular weight is 407 g/mol. The van der Waals surface area contributed by atoms with Gasteiger partial charge in [0.15, 0.2) is 0 Å². The summed E-state index contributed by atoms with van der Waals surface area (Å²) in [6.45, 7) is 0. The lowest BCUT2D eigenvalue weighted by Gasteiger charge is -2.10. The lowest BCUT2D eigenvalue weighted by atomic mass is 10.2. The van der Waals surface area contributed by atoms with Gasteiger partial charge in [0, 0.05) is 18.6 Å². The van der Waals surface area contributed by atoms with Crippen molar-refractivity contribution >= 4 is 31.6 Å². The summed E-state index contributed by atoms with van der Waals surface area (Å²) in [7, 11) is -2.85. The van der Waals surface area contributed by atoms with Crippen LogP contribution in [0.4, 0.5) is 8.78 Å². The SMILES string of the molecule is Cn1ccc2c(F)cc(S(=O)(=O)c3ccc(F)c4c(=O)n(O)c(=O)[nH]c34)cc21. The molecule has 0 aliphatic rings. The summed E-state index contributed by atoms with van der Waals surface area (Å²) >= 11 is 0. The van der Waals surface area contributed by atoms with Crippen LogP contribution in [0.1, 0.15) is 0 Å². The molecule has 4 rings (SSSR count). The summed E-state index contributed by atoms with van der Waals surface area (Å²) in [6.07, 6.45) is 1.55. The van der Waals surface area contributed by atoms with Gasteiger partial charge in [0.25, 0.3) is 5.56 Å². The Labute approximate surface area is 154 Å². The molecule has 0 saturated heterocycles. The van der Waals surface area contributed by atoms with E-state index in [1.54, 1.807) is 13.2 Å². The first-order chi connectivity index (χ1) is 13.1. The number of aromatic amines is 1. The number of benzene rings is 2. The van der Waals surface area contributed by atoms with Crippen LogP contribution in [-0.2, 0) is 16.9 Å². The van der Waals surface area contributed by atoms with E-state index in [2.05, 4.69) is 0 Å². The molecule has 0 radical (unpaired) electrons. The molecule has 0 spiro atoms. The molecule has 0 aliphatic heterocycles. The Morgan fingerprint density at radius 3 is 2.50 bits per heavy atom. The fraction of sp³-hybridized carbons (Fsp3) is 0.0588. The molecule has 0 saturated carbocycles. The van der Waals surface area contributed by atoms with E-state index < -0.39 is 53.4 Å². The second-order valence-electron chi connectivity index (χ2n) is 6.11. The van der Waals surface area contributed by atoms with E-state index in [1.165, 1.54) is 16.7 Å². The Kier molecular flexibility index (Phi) is 3.69. The molecule has 0 amide bonds. The number of hydrogen-bond donors (Lipinski definition) is 2. The number of halogens is 2. The molecule has 0 aliphatic carbocycles. The van der Waals surface area contributed by atoms with E-state index in [4.69, 9.17) is 0 Å². The van der Waals surface area contributed by atoms with Crippen LogP contribution in [0.25, 0.3) is 21.8 Å². The molecular weight excluding hydrogens is 396 g/mol. The number of rotatable bonds is 2. The highest BCUT2D eigenvalue weighted by atomic mass is 32.2. The molecule has 4 aromatic rings. The van der Waals surface area contributed by atoms with Gasteiger partial charge in [-0.1, -0.05) is 4.73 Å². The van der Waals surface area contributed by atoms with Gasteiger partial charge in [0.05, 0.1) is 20.8 Å². The lowest BCUT2D eigenvalue weighted by molar-refractivity contribution is 0.162. The van der Waals surface area contributed by atoms with E-state index in [-0.39, 0.29) is 10.1 Å². The minimum Gasteiger partial charge on any atom is -0.421 e. The zero-order valence-electron chi connectivity index (χ0n) is 14.1. The van der Waals surface area contributed by atoms with Crippen LogP contribution in [-0.4, -0.2) is 27.9 Å². The molecule has 2 N–H and O–H groups in total. The minimum atomic E-state index is -4.46. The van der Waals surface area contributed by atoms with E-state index in [0.717, 1.165) is 12.1 Å². The van der Waals surface area contributed by atoms with Gasteiger partial charge in [-0.25, -0.2) is 22.0 Å². The Balaban J connectivity index is 2.11. The second-order valence-corrected chi connectivity index (χ2v) is 8.03. The number of nitrogens with one attached hydrogen (secondary N) is 1. The van der Waals surface area contributed by atoms with Crippen molar-refractivity contribution in [1.82, 2.24) is 14.3 Å². The first kappa shape index (κ1) is 17.9. The van der Waals surface area contributed by atoms with Gasteiger partial charge in [-0.05, 0) is 30.3 Å².